The zero-order chi connectivity index (χ0) is 18.2. The smallest absolute Gasteiger partial charge is 0.423 e. The van der Waals surface area contributed by atoms with E-state index in [0.29, 0.717) is 10.8 Å². The Kier molecular flexibility index (Phi) is 4.21. The van der Waals surface area contributed by atoms with Crippen LogP contribution in [0.5, 0.6) is 5.75 Å². The molecule has 0 aliphatic carbocycles. The maximum atomic E-state index is 13.9. The average molecular weight is 357 g/mol. The number of hydrogen-bond acceptors (Lipinski definition) is 4. The fraction of sp³-hybridized carbons (Fsp3) is 0.200. The maximum absolute atomic E-state index is 13.9. The van der Waals surface area contributed by atoms with Crippen molar-refractivity contribution in [3.63, 3.8) is 0 Å². The van der Waals surface area contributed by atoms with E-state index in [1.165, 1.54) is 18.5 Å². The van der Waals surface area contributed by atoms with Crippen LogP contribution in [0.4, 0.5) is 17.6 Å². The van der Waals surface area contributed by atoms with Crippen molar-refractivity contribution in [1.82, 2.24) is 14.8 Å². The average Bonchev–Trinajstić information content (AvgIpc) is 2.93. The molecule has 0 saturated heterocycles. The second-order valence-corrected chi connectivity index (χ2v) is 5.11. The van der Waals surface area contributed by atoms with Gasteiger partial charge in [0.25, 0.3) is 5.56 Å². The molecular weight excluding hydrogens is 346 g/mol. The van der Waals surface area contributed by atoms with Crippen molar-refractivity contribution in [2.24, 2.45) is 0 Å². The number of aliphatic hydroxyl groups is 1. The van der Waals surface area contributed by atoms with Crippen molar-refractivity contribution >= 4 is 10.8 Å². The van der Waals surface area contributed by atoms with Gasteiger partial charge in [0.1, 0.15) is 12.2 Å². The minimum atomic E-state index is -4.89. The Morgan fingerprint density at radius 3 is 2.56 bits per heavy atom. The largest absolute Gasteiger partial charge is 0.488 e. The van der Waals surface area contributed by atoms with Crippen molar-refractivity contribution in [3.05, 3.63) is 52.5 Å². The topological polar surface area (TPSA) is 80.1 Å². The molecule has 3 rings (SSSR count). The van der Waals surface area contributed by atoms with Gasteiger partial charge in [0.05, 0.1) is 18.5 Å². The van der Waals surface area contributed by atoms with Crippen molar-refractivity contribution < 1.29 is 27.4 Å². The van der Waals surface area contributed by atoms with Gasteiger partial charge in [-0.05, 0) is 12.1 Å². The fourth-order valence-electron chi connectivity index (χ4n) is 2.41. The molecule has 132 valence electrons. The molecule has 25 heavy (non-hydrogen) atoms. The van der Waals surface area contributed by atoms with Crippen LogP contribution in [0.1, 0.15) is 5.56 Å². The van der Waals surface area contributed by atoms with Gasteiger partial charge in [-0.3, -0.25) is 4.79 Å². The van der Waals surface area contributed by atoms with Crippen LogP contribution in [-0.2, 0) is 6.18 Å². The van der Waals surface area contributed by atoms with Crippen molar-refractivity contribution in [2.75, 3.05) is 13.2 Å². The van der Waals surface area contributed by atoms with E-state index in [1.807, 2.05) is 0 Å². The number of hydrogen-bond donors (Lipinski definition) is 2. The highest BCUT2D eigenvalue weighted by molar-refractivity contribution is 5.84. The first-order chi connectivity index (χ1) is 11.8. The third-order valence-electron chi connectivity index (χ3n) is 3.44. The molecule has 0 fully saturated rings. The number of aromatic amines is 1. The van der Waals surface area contributed by atoms with Crippen LogP contribution < -0.4 is 10.3 Å². The summed E-state index contributed by atoms with van der Waals surface area (Å²) in [5.41, 5.74) is -3.26. The summed E-state index contributed by atoms with van der Waals surface area (Å²) >= 11 is 0. The Morgan fingerprint density at radius 2 is 1.92 bits per heavy atom. The van der Waals surface area contributed by atoms with Gasteiger partial charge in [0.2, 0.25) is 0 Å². The third-order valence-corrected chi connectivity index (χ3v) is 3.44. The van der Waals surface area contributed by atoms with E-state index in [-0.39, 0.29) is 19.0 Å². The number of ether oxygens (including phenoxy) is 1. The highest BCUT2D eigenvalue weighted by Gasteiger charge is 2.37. The maximum Gasteiger partial charge on any atom is 0.423 e. The highest BCUT2D eigenvalue weighted by atomic mass is 19.4. The molecule has 0 atom stereocenters. The quantitative estimate of drug-likeness (QED) is 0.702. The Hall–Kier alpha value is -2.88. The molecule has 0 aliphatic rings. The van der Waals surface area contributed by atoms with Crippen LogP contribution in [0.25, 0.3) is 16.5 Å². The van der Waals surface area contributed by atoms with Crippen LogP contribution in [0, 0.1) is 5.82 Å². The van der Waals surface area contributed by atoms with Crippen molar-refractivity contribution in [1.29, 1.82) is 0 Å². The molecule has 0 amide bonds. The summed E-state index contributed by atoms with van der Waals surface area (Å²) in [7, 11) is 0. The van der Waals surface area contributed by atoms with Crippen molar-refractivity contribution in [2.45, 2.75) is 6.18 Å². The normalized spacial score (nSPS) is 11.9. The van der Waals surface area contributed by atoms with Gasteiger partial charge in [0.15, 0.2) is 11.6 Å². The summed E-state index contributed by atoms with van der Waals surface area (Å²) in [6, 6.07) is 2.39. The van der Waals surface area contributed by atoms with E-state index < -0.39 is 28.8 Å². The predicted molar refractivity (Wildman–Crippen MR) is 79.2 cm³/mol. The zero-order valence-electron chi connectivity index (χ0n) is 12.5. The fourth-order valence-corrected chi connectivity index (χ4v) is 2.41. The summed E-state index contributed by atoms with van der Waals surface area (Å²) in [4.78, 5) is 11.5. The Labute approximate surface area is 137 Å². The standard InChI is InChI=1S/C15H11F4N3O3/c16-10-3-8-6-22(7-9(8)4-12(10)25-2-1-23)11-5-20-21-14(24)13(11)15(17,18)19/h3-7,23H,1-2H2,(H,21,24). The molecule has 0 aliphatic heterocycles. The second kappa shape index (κ2) is 6.20. The van der Waals surface area contributed by atoms with E-state index in [1.54, 1.807) is 5.10 Å². The van der Waals surface area contributed by atoms with E-state index >= 15 is 0 Å². The number of nitrogens with zero attached hydrogens (tertiary/aromatic N) is 2. The molecule has 0 spiro atoms. The minimum Gasteiger partial charge on any atom is -0.488 e. The monoisotopic (exact) mass is 357 g/mol. The van der Waals surface area contributed by atoms with Crippen LogP contribution in [-0.4, -0.2) is 33.1 Å². The van der Waals surface area contributed by atoms with E-state index in [4.69, 9.17) is 9.84 Å². The molecule has 1 aromatic carbocycles. The number of rotatable bonds is 4. The predicted octanol–water partition coefficient (Wildman–Crippen LogP) is 2.24. The number of H-pyrrole nitrogens is 1. The Morgan fingerprint density at radius 1 is 1.24 bits per heavy atom. The second-order valence-electron chi connectivity index (χ2n) is 5.11. The number of halogens is 4. The summed E-state index contributed by atoms with van der Waals surface area (Å²) in [6.07, 6.45) is -1.47. The van der Waals surface area contributed by atoms with Gasteiger partial charge < -0.3 is 14.4 Å². The van der Waals surface area contributed by atoms with Crippen LogP contribution in [0.15, 0.2) is 35.5 Å². The first-order valence-electron chi connectivity index (χ1n) is 7.01. The number of nitrogens with one attached hydrogen (secondary N) is 1. The Balaban J connectivity index is 2.15. The van der Waals surface area contributed by atoms with Crippen LogP contribution in [0.3, 0.4) is 0 Å². The van der Waals surface area contributed by atoms with Crippen LogP contribution in [0.2, 0.25) is 0 Å². The molecule has 6 nitrogen and oxygen atoms in total. The molecular formula is C15H11F4N3O3. The van der Waals surface area contributed by atoms with E-state index in [2.05, 4.69) is 5.10 Å². The first-order valence-corrected chi connectivity index (χ1v) is 7.01. The van der Waals surface area contributed by atoms with Crippen molar-refractivity contribution in [3.8, 4) is 11.4 Å². The van der Waals surface area contributed by atoms with E-state index in [0.717, 1.165) is 16.8 Å². The summed E-state index contributed by atoms with van der Waals surface area (Å²) in [6.45, 7) is -0.439. The molecule has 2 N–H and O–H groups in total. The lowest BCUT2D eigenvalue weighted by molar-refractivity contribution is -0.138. The minimum absolute atomic E-state index is 0.126. The first kappa shape index (κ1) is 17.0. The van der Waals surface area contributed by atoms with Gasteiger partial charge in [-0.15, -0.1) is 0 Å². The number of alkyl halides is 3. The summed E-state index contributed by atoms with van der Waals surface area (Å²) in [5, 5.41) is 14.6. The summed E-state index contributed by atoms with van der Waals surface area (Å²) < 4.78 is 59.5. The Bertz CT molecular complexity index is 978. The van der Waals surface area contributed by atoms with E-state index in [9.17, 15) is 22.4 Å². The van der Waals surface area contributed by atoms with Crippen LogP contribution >= 0.6 is 0 Å². The molecule has 2 aromatic heterocycles. The van der Waals surface area contributed by atoms with Gasteiger partial charge in [-0.1, -0.05) is 0 Å². The highest BCUT2D eigenvalue weighted by Crippen LogP contribution is 2.32. The van der Waals surface area contributed by atoms with Gasteiger partial charge >= 0.3 is 6.18 Å². The molecule has 2 heterocycles. The summed E-state index contributed by atoms with van der Waals surface area (Å²) in [5.74, 6) is -0.863. The lowest BCUT2D eigenvalue weighted by atomic mass is 10.2. The van der Waals surface area contributed by atoms with Gasteiger partial charge in [-0.2, -0.15) is 18.3 Å². The molecule has 0 radical (unpaired) electrons. The van der Waals surface area contributed by atoms with Gasteiger partial charge in [-0.25, -0.2) is 9.49 Å². The SMILES string of the molecule is O=c1[nH]ncc(-n2cc3cc(F)c(OCCO)cc3c2)c1C(F)(F)F. The number of aromatic nitrogens is 3. The molecule has 0 unspecified atom stereocenters. The van der Waals surface area contributed by atoms with Gasteiger partial charge in [0, 0.05) is 23.2 Å². The molecule has 0 bridgehead atoms. The third kappa shape index (κ3) is 3.20. The molecule has 10 heteroatoms. The molecule has 3 aromatic rings. The number of fused-ring (bicyclic) bond motifs is 1. The number of benzene rings is 1. The lowest BCUT2D eigenvalue weighted by Gasteiger charge is -2.11. The number of aliphatic hydroxyl groups excluding tert-OH is 1. The zero-order valence-corrected chi connectivity index (χ0v) is 12.5. The molecule has 0 saturated carbocycles. The lowest BCUT2D eigenvalue weighted by Crippen LogP contribution is -2.25.